The minimum atomic E-state index is -0.815. The van der Waals surface area contributed by atoms with Crippen LogP contribution >= 0.6 is 0 Å². The molecule has 2 rings (SSSR count). The number of hydrogen-bond donors (Lipinski definition) is 1. The lowest BCUT2D eigenvalue weighted by molar-refractivity contribution is -0.129. The number of methoxy groups -OCH3 is 1. The van der Waals surface area contributed by atoms with E-state index in [-0.39, 0.29) is 17.9 Å². The summed E-state index contributed by atoms with van der Waals surface area (Å²) >= 11 is 0. The second-order valence-corrected chi connectivity index (χ2v) is 6.05. The number of hydrogen-bond acceptors (Lipinski definition) is 3. The van der Waals surface area contributed by atoms with Crippen LogP contribution in [0.4, 0.5) is 0 Å². The van der Waals surface area contributed by atoms with Crippen molar-refractivity contribution in [1.82, 2.24) is 4.90 Å². The molecular weight excluding hydrogens is 254 g/mol. The van der Waals surface area contributed by atoms with Crippen molar-refractivity contribution in [3.05, 3.63) is 29.8 Å². The maximum atomic E-state index is 12.2. The van der Waals surface area contributed by atoms with E-state index >= 15 is 0 Å². The SMILES string of the molecule is COc1ccc([C@@H](C)N2C[C@H](C(C)(C)O)CC2=O)cc1. The van der Waals surface area contributed by atoms with Crippen LogP contribution in [0.15, 0.2) is 24.3 Å². The summed E-state index contributed by atoms with van der Waals surface area (Å²) in [4.78, 5) is 14.0. The van der Waals surface area contributed by atoms with Gasteiger partial charge in [-0.2, -0.15) is 0 Å². The molecule has 4 heteroatoms. The normalized spacial score (nSPS) is 21.1. The second-order valence-electron chi connectivity index (χ2n) is 6.05. The van der Waals surface area contributed by atoms with E-state index in [1.165, 1.54) is 0 Å². The van der Waals surface area contributed by atoms with Gasteiger partial charge >= 0.3 is 0 Å². The van der Waals surface area contributed by atoms with Crippen molar-refractivity contribution in [2.75, 3.05) is 13.7 Å². The van der Waals surface area contributed by atoms with Gasteiger partial charge in [-0.1, -0.05) is 12.1 Å². The standard InChI is InChI=1S/C16H23NO3/c1-11(12-5-7-14(20-4)8-6-12)17-10-13(9-15(17)18)16(2,3)19/h5-8,11,13,19H,9-10H2,1-4H3/t11-,13-/m1/s1. The molecule has 1 N–H and O–H groups in total. The zero-order valence-electron chi connectivity index (χ0n) is 12.6. The highest BCUT2D eigenvalue weighted by atomic mass is 16.5. The topological polar surface area (TPSA) is 49.8 Å². The van der Waals surface area contributed by atoms with Gasteiger partial charge in [0.2, 0.25) is 5.91 Å². The molecule has 1 aromatic rings. The Balaban J connectivity index is 2.12. The first kappa shape index (κ1) is 14.9. The van der Waals surface area contributed by atoms with Gasteiger partial charge < -0.3 is 14.7 Å². The van der Waals surface area contributed by atoms with Crippen LogP contribution in [0.5, 0.6) is 5.75 Å². The lowest BCUT2D eigenvalue weighted by Gasteiger charge is -2.28. The van der Waals surface area contributed by atoms with E-state index in [2.05, 4.69) is 0 Å². The molecule has 0 spiro atoms. The van der Waals surface area contributed by atoms with Crippen molar-refractivity contribution < 1.29 is 14.6 Å². The van der Waals surface area contributed by atoms with E-state index in [1.54, 1.807) is 21.0 Å². The first-order valence-electron chi connectivity index (χ1n) is 6.98. The lowest BCUT2D eigenvalue weighted by Crippen LogP contribution is -2.34. The van der Waals surface area contributed by atoms with Crippen molar-refractivity contribution in [3.63, 3.8) is 0 Å². The minimum absolute atomic E-state index is 0.00398. The summed E-state index contributed by atoms with van der Waals surface area (Å²) in [6, 6.07) is 7.78. The molecule has 0 saturated carbocycles. The molecule has 0 unspecified atom stereocenters. The fourth-order valence-electron chi connectivity index (χ4n) is 2.64. The quantitative estimate of drug-likeness (QED) is 0.919. The molecule has 1 saturated heterocycles. The van der Waals surface area contributed by atoms with Gasteiger partial charge in [-0.15, -0.1) is 0 Å². The van der Waals surface area contributed by atoms with Crippen LogP contribution in [0.25, 0.3) is 0 Å². The highest BCUT2D eigenvalue weighted by Crippen LogP contribution is 2.33. The van der Waals surface area contributed by atoms with Crippen molar-refractivity contribution >= 4 is 5.91 Å². The first-order chi connectivity index (χ1) is 9.32. The number of benzene rings is 1. The third kappa shape index (κ3) is 2.96. The average molecular weight is 277 g/mol. The maximum Gasteiger partial charge on any atom is 0.223 e. The number of likely N-dealkylation sites (tertiary alicyclic amines) is 1. The molecule has 110 valence electrons. The Morgan fingerprint density at radius 1 is 1.35 bits per heavy atom. The maximum absolute atomic E-state index is 12.2. The Bertz CT molecular complexity index is 475. The average Bonchev–Trinajstić information content (AvgIpc) is 2.80. The molecule has 1 aromatic carbocycles. The largest absolute Gasteiger partial charge is 0.497 e. The summed E-state index contributed by atoms with van der Waals surface area (Å²) in [6.45, 7) is 6.17. The molecule has 1 aliphatic heterocycles. The smallest absolute Gasteiger partial charge is 0.223 e. The number of rotatable bonds is 4. The van der Waals surface area contributed by atoms with Crippen LogP contribution in [0, 0.1) is 5.92 Å². The summed E-state index contributed by atoms with van der Waals surface area (Å²) < 4.78 is 5.14. The van der Waals surface area contributed by atoms with Crippen LogP contribution < -0.4 is 4.74 Å². The highest BCUT2D eigenvalue weighted by molar-refractivity contribution is 5.79. The van der Waals surface area contributed by atoms with Gasteiger partial charge in [-0.3, -0.25) is 4.79 Å². The van der Waals surface area contributed by atoms with Crippen LogP contribution in [0.2, 0.25) is 0 Å². The number of nitrogens with zero attached hydrogens (tertiary/aromatic N) is 1. The van der Waals surface area contributed by atoms with E-state index in [9.17, 15) is 9.90 Å². The molecule has 0 radical (unpaired) electrons. The third-order valence-corrected chi connectivity index (χ3v) is 4.22. The minimum Gasteiger partial charge on any atom is -0.497 e. The van der Waals surface area contributed by atoms with Crippen molar-refractivity contribution in [2.24, 2.45) is 5.92 Å². The van der Waals surface area contributed by atoms with Gasteiger partial charge in [0, 0.05) is 18.9 Å². The summed E-state index contributed by atoms with van der Waals surface area (Å²) in [5.41, 5.74) is 0.264. The van der Waals surface area contributed by atoms with E-state index in [0.717, 1.165) is 11.3 Å². The zero-order valence-corrected chi connectivity index (χ0v) is 12.6. The van der Waals surface area contributed by atoms with Gasteiger partial charge in [0.15, 0.2) is 0 Å². The van der Waals surface area contributed by atoms with Gasteiger partial charge in [0.05, 0.1) is 18.8 Å². The zero-order chi connectivity index (χ0) is 14.9. The Hall–Kier alpha value is -1.55. The molecule has 1 amide bonds. The van der Waals surface area contributed by atoms with Crippen LogP contribution in [-0.2, 0) is 4.79 Å². The lowest BCUT2D eigenvalue weighted by atomic mass is 9.90. The van der Waals surface area contributed by atoms with E-state index < -0.39 is 5.60 Å². The van der Waals surface area contributed by atoms with Crippen LogP contribution in [0.1, 0.15) is 38.8 Å². The number of carbonyl (C=O) groups is 1. The third-order valence-electron chi connectivity index (χ3n) is 4.22. The molecule has 20 heavy (non-hydrogen) atoms. The Kier molecular flexibility index (Phi) is 4.04. The fourth-order valence-corrected chi connectivity index (χ4v) is 2.64. The van der Waals surface area contributed by atoms with Gasteiger partial charge in [0.1, 0.15) is 5.75 Å². The number of aliphatic hydroxyl groups is 1. The van der Waals surface area contributed by atoms with E-state index in [4.69, 9.17) is 4.74 Å². The Morgan fingerprint density at radius 3 is 2.40 bits per heavy atom. The first-order valence-corrected chi connectivity index (χ1v) is 6.98. The summed E-state index contributed by atoms with van der Waals surface area (Å²) in [5.74, 6) is 0.916. The molecule has 0 bridgehead atoms. The van der Waals surface area contributed by atoms with Gasteiger partial charge in [-0.05, 0) is 38.5 Å². The van der Waals surface area contributed by atoms with Crippen LogP contribution in [-0.4, -0.2) is 35.2 Å². The van der Waals surface area contributed by atoms with Gasteiger partial charge in [0.25, 0.3) is 0 Å². The summed E-state index contributed by atoms with van der Waals surface area (Å²) in [7, 11) is 1.64. The molecule has 1 fully saturated rings. The molecular formula is C16H23NO3. The molecule has 1 aliphatic rings. The molecule has 0 aliphatic carbocycles. The van der Waals surface area contributed by atoms with Crippen molar-refractivity contribution in [3.8, 4) is 5.75 Å². The monoisotopic (exact) mass is 277 g/mol. The Labute approximate surface area is 120 Å². The van der Waals surface area contributed by atoms with Crippen LogP contribution in [0.3, 0.4) is 0 Å². The van der Waals surface area contributed by atoms with Crippen molar-refractivity contribution in [1.29, 1.82) is 0 Å². The number of carbonyl (C=O) groups excluding carboxylic acids is 1. The molecule has 1 heterocycles. The number of ether oxygens (including phenoxy) is 1. The fraction of sp³-hybridized carbons (Fsp3) is 0.562. The highest BCUT2D eigenvalue weighted by Gasteiger charge is 2.40. The van der Waals surface area contributed by atoms with Gasteiger partial charge in [-0.25, -0.2) is 0 Å². The number of amides is 1. The predicted molar refractivity (Wildman–Crippen MR) is 77.5 cm³/mol. The predicted octanol–water partition coefficient (Wildman–Crippen LogP) is 2.38. The van der Waals surface area contributed by atoms with E-state index in [1.807, 2.05) is 36.1 Å². The summed E-state index contributed by atoms with van der Waals surface area (Å²) in [5, 5.41) is 10.1. The molecule has 2 atom stereocenters. The second kappa shape index (κ2) is 5.44. The van der Waals surface area contributed by atoms with E-state index in [0.29, 0.717) is 13.0 Å². The molecule has 4 nitrogen and oxygen atoms in total. The molecule has 0 aromatic heterocycles. The summed E-state index contributed by atoms with van der Waals surface area (Å²) in [6.07, 6.45) is 0.421. The van der Waals surface area contributed by atoms with Crippen molar-refractivity contribution in [2.45, 2.75) is 38.8 Å². The Morgan fingerprint density at radius 2 is 1.95 bits per heavy atom.